The van der Waals surface area contributed by atoms with Crippen LogP contribution in [0.2, 0.25) is 0 Å². The number of amidine groups is 1. The van der Waals surface area contributed by atoms with Crippen LogP contribution in [0.1, 0.15) is 25.0 Å². The topological polar surface area (TPSA) is 62.1 Å². The second-order valence-corrected chi connectivity index (χ2v) is 8.39. The standard InChI is InChI=1S/C19H18F3N3O2S/c1-18(2)17(24-28(26,27)19(20,21)22)25(3)15-12-8-7-11-14(15)16(23-18)13-9-5-4-6-10-13/h4-12H,1-3H3/b24-17-. The van der Waals surface area contributed by atoms with Gasteiger partial charge in [0.15, 0.2) is 0 Å². The Labute approximate surface area is 161 Å². The third kappa shape index (κ3) is 3.54. The molecule has 0 saturated carbocycles. The summed E-state index contributed by atoms with van der Waals surface area (Å²) in [7, 11) is -4.24. The van der Waals surface area contributed by atoms with Crippen molar-refractivity contribution in [1.82, 2.24) is 0 Å². The highest BCUT2D eigenvalue weighted by Gasteiger charge is 2.48. The third-order valence-electron chi connectivity index (χ3n) is 4.32. The summed E-state index contributed by atoms with van der Waals surface area (Å²) in [6.07, 6.45) is 0. The van der Waals surface area contributed by atoms with Gasteiger partial charge in [0.05, 0.1) is 11.4 Å². The van der Waals surface area contributed by atoms with Crippen LogP contribution in [0.25, 0.3) is 0 Å². The number of benzodiazepines with no additional fused rings is 1. The lowest BCUT2D eigenvalue weighted by molar-refractivity contribution is -0.0435. The molecule has 0 atom stereocenters. The van der Waals surface area contributed by atoms with E-state index in [2.05, 4.69) is 9.39 Å². The first kappa shape index (κ1) is 20.1. The zero-order valence-corrected chi connectivity index (χ0v) is 16.2. The highest BCUT2D eigenvalue weighted by molar-refractivity contribution is 7.91. The van der Waals surface area contributed by atoms with Gasteiger partial charge in [-0.05, 0) is 19.9 Å². The molecule has 0 radical (unpaired) electrons. The van der Waals surface area contributed by atoms with Gasteiger partial charge in [-0.3, -0.25) is 4.99 Å². The van der Waals surface area contributed by atoms with Crippen molar-refractivity contribution in [2.24, 2.45) is 9.39 Å². The third-order valence-corrected chi connectivity index (χ3v) is 5.32. The minimum Gasteiger partial charge on any atom is -0.330 e. The second-order valence-electron chi connectivity index (χ2n) is 6.80. The van der Waals surface area contributed by atoms with Crippen molar-refractivity contribution < 1.29 is 21.6 Å². The Morgan fingerprint density at radius 1 is 1.00 bits per heavy atom. The summed E-state index contributed by atoms with van der Waals surface area (Å²) in [5.74, 6) is -0.316. The number of sulfonamides is 1. The fraction of sp³-hybridized carbons (Fsp3) is 0.263. The number of likely N-dealkylation sites (N-methyl/N-ethyl adjacent to an activating group) is 1. The number of hydrogen-bond donors (Lipinski definition) is 0. The predicted octanol–water partition coefficient (Wildman–Crippen LogP) is 4.00. The Hall–Kier alpha value is -2.68. The number of anilines is 1. The highest BCUT2D eigenvalue weighted by Crippen LogP contribution is 2.33. The molecule has 0 bridgehead atoms. The van der Waals surface area contributed by atoms with E-state index >= 15 is 0 Å². The molecule has 0 saturated heterocycles. The van der Waals surface area contributed by atoms with Gasteiger partial charge in [0.1, 0.15) is 11.4 Å². The maximum absolute atomic E-state index is 13.0. The number of benzene rings is 2. The van der Waals surface area contributed by atoms with E-state index < -0.39 is 21.1 Å². The number of rotatable bonds is 2. The molecule has 2 aromatic rings. The summed E-state index contributed by atoms with van der Waals surface area (Å²) in [6, 6.07) is 16.1. The van der Waals surface area contributed by atoms with Gasteiger partial charge in [-0.2, -0.15) is 21.6 Å². The Balaban J connectivity index is 2.32. The molecule has 0 fully saturated rings. The van der Waals surface area contributed by atoms with Crippen molar-refractivity contribution in [3.8, 4) is 0 Å². The highest BCUT2D eigenvalue weighted by atomic mass is 32.2. The van der Waals surface area contributed by atoms with E-state index in [9.17, 15) is 21.6 Å². The van der Waals surface area contributed by atoms with Crippen molar-refractivity contribution >= 4 is 27.3 Å². The van der Waals surface area contributed by atoms with Gasteiger partial charge in [0, 0.05) is 18.2 Å². The van der Waals surface area contributed by atoms with Crippen molar-refractivity contribution in [1.29, 1.82) is 0 Å². The molecule has 0 amide bonds. The first-order chi connectivity index (χ1) is 12.9. The second kappa shape index (κ2) is 6.73. The van der Waals surface area contributed by atoms with Crippen LogP contribution in [0.5, 0.6) is 0 Å². The molecule has 148 valence electrons. The molecular formula is C19H18F3N3O2S. The number of para-hydroxylation sites is 1. The van der Waals surface area contributed by atoms with Crippen molar-refractivity contribution in [2.75, 3.05) is 11.9 Å². The molecule has 9 heteroatoms. The first-order valence-electron chi connectivity index (χ1n) is 8.34. The molecule has 0 aromatic heterocycles. The van der Waals surface area contributed by atoms with Crippen LogP contribution in [0.3, 0.4) is 0 Å². The predicted molar refractivity (Wildman–Crippen MR) is 103 cm³/mol. The van der Waals surface area contributed by atoms with Gasteiger partial charge in [-0.25, -0.2) is 0 Å². The summed E-state index contributed by atoms with van der Waals surface area (Å²) >= 11 is 0. The van der Waals surface area contributed by atoms with E-state index in [1.54, 1.807) is 24.3 Å². The Morgan fingerprint density at radius 2 is 1.57 bits per heavy atom. The van der Waals surface area contributed by atoms with Crippen molar-refractivity contribution in [3.05, 3.63) is 65.7 Å². The van der Waals surface area contributed by atoms with E-state index in [1.165, 1.54) is 25.8 Å². The van der Waals surface area contributed by atoms with E-state index in [-0.39, 0.29) is 5.84 Å². The van der Waals surface area contributed by atoms with Gasteiger partial charge < -0.3 is 4.90 Å². The van der Waals surface area contributed by atoms with E-state index in [0.29, 0.717) is 17.0 Å². The quantitative estimate of drug-likeness (QED) is 0.753. The maximum Gasteiger partial charge on any atom is 0.518 e. The monoisotopic (exact) mass is 409 g/mol. The van der Waals surface area contributed by atoms with Crippen LogP contribution in [0.4, 0.5) is 18.9 Å². The molecule has 2 aromatic carbocycles. The smallest absolute Gasteiger partial charge is 0.330 e. The average Bonchev–Trinajstić information content (AvgIpc) is 2.70. The van der Waals surface area contributed by atoms with Crippen LogP contribution in [0, 0.1) is 0 Å². The lowest BCUT2D eigenvalue weighted by Crippen LogP contribution is -2.43. The van der Waals surface area contributed by atoms with Crippen LogP contribution >= 0.6 is 0 Å². The molecule has 28 heavy (non-hydrogen) atoms. The zero-order valence-electron chi connectivity index (χ0n) is 15.4. The fourth-order valence-corrected chi connectivity index (χ4v) is 3.71. The number of aliphatic imine (C=N–C) groups is 1. The number of fused-ring (bicyclic) bond motifs is 1. The summed E-state index contributed by atoms with van der Waals surface area (Å²) in [4.78, 5) is 5.98. The minimum absolute atomic E-state index is 0.316. The van der Waals surface area contributed by atoms with Crippen LogP contribution in [-0.2, 0) is 10.0 Å². The first-order valence-corrected chi connectivity index (χ1v) is 9.78. The summed E-state index contributed by atoms with van der Waals surface area (Å²) in [6.45, 7) is 3.06. The molecule has 0 aliphatic carbocycles. The zero-order chi connectivity index (χ0) is 20.7. The number of halogens is 3. The normalized spacial score (nSPS) is 18.4. The van der Waals surface area contributed by atoms with E-state index in [1.807, 2.05) is 30.3 Å². The Morgan fingerprint density at radius 3 is 2.18 bits per heavy atom. The van der Waals surface area contributed by atoms with Gasteiger partial charge in [-0.15, -0.1) is 4.40 Å². The van der Waals surface area contributed by atoms with Gasteiger partial charge >= 0.3 is 15.5 Å². The average molecular weight is 409 g/mol. The lowest BCUT2D eigenvalue weighted by atomic mass is 10.00. The molecule has 0 spiro atoms. The largest absolute Gasteiger partial charge is 0.518 e. The molecule has 1 heterocycles. The molecule has 1 aliphatic rings. The molecule has 0 N–H and O–H groups in total. The maximum atomic E-state index is 13.0. The van der Waals surface area contributed by atoms with Gasteiger partial charge in [0.25, 0.3) is 0 Å². The van der Waals surface area contributed by atoms with Crippen LogP contribution < -0.4 is 4.90 Å². The van der Waals surface area contributed by atoms with Crippen molar-refractivity contribution in [2.45, 2.75) is 24.9 Å². The molecule has 1 aliphatic heterocycles. The SMILES string of the molecule is CN1/C(=N\S(=O)(=O)C(F)(F)F)C(C)(C)N=C(c2ccccc2)c2ccccc21. The minimum atomic E-state index is -5.73. The molecule has 0 unspecified atom stereocenters. The Bertz CT molecular complexity index is 1060. The Kier molecular flexibility index (Phi) is 4.82. The van der Waals surface area contributed by atoms with Gasteiger partial charge in [0.2, 0.25) is 0 Å². The fourth-order valence-electron chi connectivity index (χ4n) is 3.04. The number of alkyl halides is 3. The molecule has 5 nitrogen and oxygen atoms in total. The summed E-state index contributed by atoms with van der Waals surface area (Å²) in [5.41, 5.74) is -4.35. The molecular weight excluding hydrogens is 391 g/mol. The number of nitrogens with zero attached hydrogens (tertiary/aromatic N) is 3. The molecule has 3 rings (SSSR count). The summed E-state index contributed by atoms with van der Waals surface area (Å²) in [5, 5.41) is 0. The number of hydrogen-bond acceptors (Lipinski definition) is 3. The lowest BCUT2D eigenvalue weighted by Gasteiger charge is -2.28. The van der Waals surface area contributed by atoms with Crippen LogP contribution in [-0.4, -0.2) is 38.1 Å². The van der Waals surface area contributed by atoms with E-state index in [4.69, 9.17) is 0 Å². The summed E-state index contributed by atoms with van der Waals surface area (Å²) < 4.78 is 65.5. The van der Waals surface area contributed by atoms with Crippen molar-refractivity contribution in [3.63, 3.8) is 0 Å². The van der Waals surface area contributed by atoms with E-state index in [0.717, 1.165) is 5.56 Å². The van der Waals surface area contributed by atoms with Gasteiger partial charge in [-0.1, -0.05) is 48.5 Å². The van der Waals surface area contributed by atoms with Crippen LogP contribution in [0.15, 0.2) is 64.0 Å².